The number of alkyl halides is 3. The van der Waals surface area contributed by atoms with Crippen LogP contribution in [-0.2, 0) is 27.9 Å². The van der Waals surface area contributed by atoms with Crippen LogP contribution in [0.2, 0.25) is 0 Å². The molecule has 0 bridgehead atoms. The molecule has 1 atom stereocenters. The molecule has 1 unspecified atom stereocenters. The molecular weight excluding hydrogens is 609 g/mol. The number of fused-ring (bicyclic) bond motifs is 1. The molecule has 7 nitrogen and oxygen atoms in total. The van der Waals surface area contributed by atoms with E-state index in [2.05, 4.69) is 5.32 Å². The maximum atomic E-state index is 14.1. The van der Waals surface area contributed by atoms with E-state index in [1.54, 1.807) is 6.07 Å². The number of unbranched alkanes of at least 4 members (excludes halogenated alkanes) is 1. The van der Waals surface area contributed by atoms with E-state index in [4.69, 9.17) is 14.2 Å². The number of allylic oxidation sites excluding steroid dienone is 3. The van der Waals surface area contributed by atoms with Crippen molar-refractivity contribution in [2.75, 3.05) is 26.6 Å². The van der Waals surface area contributed by atoms with Gasteiger partial charge in [0.2, 0.25) is 0 Å². The van der Waals surface area contributed by atoms with Crippen molar-refractivity contribution in [1.29, 1.82) is 0 Å². The Morgan fingerprint density at radius 1 is 1.02 bits per heavy atom. The molecule has 2 heterocycles. The quantitative estimate of drug-likeness (QED) is 0.185. The molecule has 0 saturated carbocycles. The molecule has 1 N–H and O–H groups in total. The lowest BCUT2D eigenvalue weighted by Crippen LogP contribution is -2.45. The predicted octanol–water partition coefficient (Wildman–Crippen LogP) is 8.09. The standard InChI is InChI=1S/C37H43F3N2O5/c1-4-11-26-23-30-31(37(38,39)40)19-22-45-24-47-33(30)29(12-5-2)32(26)46-21-10-9-20-42-34(43)36(41-35(42)44,27-13-7-6-8-14-27)28-17-15-25(3)16-18-28/h7,13-19,23H,4-6,8-12,20-22,24H2,1-3H3,(H,41,44)/b31-19+. The van der Waals surface area contributed by atoms with Crippen LogP contribution < -0.4 is 14.8 Å². The number of carbonyl (C=O) groups is 2. The van der Waals surface area contributed by atoms with Crippen LogP contribution in [0.3, 0.4) is 0 Å². The second-order valence-electron chi connectivity index (χ2n) is 12.2. The second kappa shape index (κ2) is 14.8. The zero-order valence-corrected chi connectivity index (χ0v) is 27.3. The molecular formula is C37H43F3N2O5. The summed E-state index contributed by atoms with van der Waals surface area (Å²) in [6.07, 6.45) is 7.52. The van der Waals surface area contributed by atoms with E-state index in [9.17, 15) is 22.8 Å². The number of urea groups is 1. The number of halogens is 3. The third kappa shape index (κ3) is 7.12. The molecule has 47 heavy (non-hydrogen) atoms. The van der Waals surface area contributed by atoms with Crippen molar-refractivity contribution < 1.29 is 37.0 Å². The van der Waals surface area contributed by atoms with E-state index >= 15 is 0 Å². The summed E-state index contributed by atoms with van der Waals surface area (Å²) in [5, 5.41) is 3.01. The molecule has 5 rings (SSSR count). The zero-order chi connectivity index (χ0) is 33.6. The van der Waals surface area contributed by atoms with Crippen LogP contribution in [0.4, 0.5) is 18.0 Å². The van der Waals surface area contributed by atoms with E-state index in [1.165, 1.54) is 4.90 Å². The first-order chi connectivity index (χ1) is 22.6. The highest BCUT2D eigenvalue weighted by atomic mass is 19.4. The summed E-state index contributed by atoms with van der Waals surface area (Å²) in [5.41, 5.74) is 1.78. The molecule has 0 radical (unpaired) electrons. The number of hydrogen-bond donors (Lipinski definition) is 1. The average molecular weight is 653 g/mol. The number of carbonyl (C=O) groups excluding carboxylic acids is 2. The maximum Gasteiger partial charge on any atom is 0.416 e. The largest absolute Gasteiger partial charge is 0.493 e. The zero-order valence-electron chi connectivity index (χ0n) is 27.3. The highest BCUT2D eigenvalue weighted by Gasteiger charge is 2.54. The Kier molecular flexibility index (Phi) is 10.8. The number of amides is 3. The van der Waals surface area contributed by atoms with Gasteiger partial charge >= 0.3 is 12.2 Å². The minimum atomic E-state index is -4.58. The van der Waals surface area contributed by atoms with Crippen LogP contribution in [0.25, 0.3) is 5.57 Å². The van der Waals surface area contributed by atoms with Crippen molar-refractivity contribution in [3.63, 3.8) is 0 Å². The summed E-state index contributed by atoms with van der Waals surface area (Å²) in [7, 11) is 0. The van der Waals surface area contributed by atoms with E-state index in [-0.39, 0.29) is 43.8 Å². The van der Waals surface area contributed by atoms with Crippen LogP contribution in [-0.4, -0.2) is 49.6 Å². The van der Waals surface area contributed by atoms with Gasteiger partial charge in [-0.25, -0.2) is 4.79 Å². The smallest absolute Gasteiger partial charge is 0.416 e. The highest BCUT2D eigenvalue weighted by Crippen LogP contribution is 2.46. The monoisotopic (exact) mass is 652 g/mol. The number of imide groups is 1. The van der Waals surface area contributed by atoms with E-state index in [0.29, 0.717) is 54.5 Å². The Balaban J connectivity index is 1.34. The van der Waals surface area contributed by atoms with Crippen molar-refractivity contribution in [2.24, 2.45) is 0 Å². The fourth-order valence-corrected chi connectivity index (χ4v) is 6.49. The summed E-state index contributed by atoms with van der Waals surface area (Å²) in [5.74, 6) is 0.372. The Labute approximate surface area is 274 Å². The molecule has 3 amide bonds. The first-order valence-corrected chi connectivity index (χ1v) is 16.5. The molecule has 10 heteroatoms. The van der Waals surface area contributed by atoms with E-state index in [1.807, 2.05) is 63.3 Å². The Hall–Kier alpha value is -4.05. The minimum Gasteiger partial charge on any atom is -0.493 e. The van der Waals surface area contributed by atoms with Crippen LogP contribution in [0.1, 0.15) is 80.2 Å². The third-order valence-electron chi connectivity index (χ3n) is 8.75. The molecule has 1 aliphatic carbocycles. The molecule has 1 saturated heterocycles. The van der Waals surface area contributed by atoms with Gasteiger partial charge < -0.3 is 19.5 Å². The van der Waals surface area contributed by atoms with Crippen molar-refractivity contribution in [3.05, 3.63) is 88.0 Å². The third-order valence-corrected chi connectivity index (χ3v) is 8.75. The van der Waals surface area contributed by atoms with Crippen LogP contribution >= 0.6 is 0 Å². The van der Waals surface area contributed by atoms with Crippen molar-refractivity contribution in [1.82, 2.24) is 10.2 Å². The van der Waals surface area contributed by atoms with Gasteiger partial charge in [-0.2, -0.15) is 13.2 Å². The fraction of sp³-hybridized carbons (Fsp3) is 0.459. The van der Waals surface area contributed by atoms with Crippen LogP contribution in [0.5, 0.6) is 11.5 Å². The van der Waals surface area contributed by atoms with Gasteiger partial charge in [0.25, 0.3) is 5.91 Å². The minimum absolute atomic E-state index is 0.0126. The van der Waals surface area contributed by atoms with Crippen LogP contribution in [0, 0.1) is 6.92 Å². The highest BCUT2D eigenvalue weighted by molar-refractivity contribution is 6.10. The number of aryl methyl sites for hydroxylation is 2. The molecule has 0 aromatic heterocycles. The first kappa shape index (κ1) is 34.3. The molecule has 252 valence electrons. The van der Waals surface area contributed by atoms with Gasteiger partial charge in [-0.15, -0.1) is 0 Å². The summed E-state index contributed by atoms with van der Waals surface area (Å²) < 4.78 is 59.8. The second-order valence-corrected chi connectivity index (χ2v) is 12.2. The van der Waals surface area contributed by atoms with Crippen molar-refractivity contribution in [2.45, 2.75) is 83.9 Å². The van der Waals surface area contributed by atoms with Gasteiger partial charge in [0, 0.05) is 17.7 Å². The summed E-state index contributed by atoms with van der Waals surface area (Å²) in [6.45, 7) is 5.99. The number of ether oxygens (including phenoxy) is 3. The number of rotatable bonds is 12. The molecule has 2 aromatic carbocycles. The van der Waals surface area contributed by atoms with Gasteiger partial charge in [0.1, 0.15) is 11.5 Å². The number of nitrogens with one attached hydrogen (secondary N) is 1. The average Bonchev–Trinajstić information content (AvgIpc) is 3.29. The first-order valence-electron chi connectivity index (χ1n) is 16.5. The Morgan fingerprint density at radius 2 is 1.79 bits per heavy atom. The lowest BCUT2D eigenvalue weighted by atomic mass is 9.80. The van der Waals surface area contributed by atoms with Crippen LogP contribution in [0.15, 0.2) is 60.2 Å². The number of hydrogen-bond acceptors (Lipinski definition) is 5. The summed E-state index contributed by atoms with van der Waals surface area (Å²) in [4.78, 5) is 28.6. The molecule has 2 aliphatic heterocycles. The number of benzene rings is 2. The lowest BCUT2D eigenvalue weighted by Gasteiger charge is -2.30. The van der Waals surface area contributed by atoms with E-state index in [0.717, 1.165) is 36.5 Å². The molecule has 1 fully saturated rings. The normalized spacial score (nSPS) is 20.9. The number of nitrogens with zero attached hydrogens (tertiary/aromatic N) is 1. The topological polar surface area (TPSA) is 77.1 Å². The molecule has 2 aromatic rings. The van der Waals surface area contributed by atoms with Gasteiger partial charge in [-0.1, -0.05) is 74.7 Å². The van der Waals surface area contributed by atoms with Gasteiger partial charge in [-0.3, -0.25) is 9.69 Å². The molecule has 3 aliphatic rings. The Morgan fingerprint density at radius 3 is 2.47 bits per heavy atom. The molecule has 0 spiro atoms. The summed E-state index contributed by atoms with van der Waals surface area (Å²) >= 11 is 0. The van der Waals surface area contributed by atoms with Gasteiger partial charge in [-0.05, 0) is 74.3 Å². The van der Waals surface area contributed by atoms with Crippen molar-refractivity contribution >= 4 is 17.5 Å². The fourth-order valence-electron chi connectivity index (χ4n) is 6.49. The van der Waals surface area contributed by atoms with E-state index < -0.39 is 23.3 Å². The van der Waals surface area contributed by atoms with Crippen molar-refractivity contribution in [3.8, 4) is 11.5 Å². The lowest BCUT2D eigenvalue weighted by molar-refractivity contribution is -0.130. The maximum absolute atomic E-state index is 14.1. The predicted molar refractivity (Wildman–Crippen MR) is 174 cm³/mol. The van der Waals surface area contributed by atoms with Gasteiger partial charge in [0.05, 0.1) is 18.8 Å². The Bertz CT molecular complexity index is 1560. The summed E-state index contributed by atoms with van der Waals surface area (Å²) in [6, 6.07) is 8.76. The van der Waals surface area contributed by atoms with Gasteiger partial charge in [0.15, 0.2) is 12.3 Å². The SMILES string of the molecule is CCCc1cc2c(c(CCC)c1OCCCCN1C(=O)NC(C3=CCCC=C3)(c3ccc(C)cc3)C1=O)OCOC/C=C\2C(F)(F)F.